The predicted octanol–water partition coefficient (Wildman–Crippen LogP) is -0.426. The fourth-order valence-corrected chi connectivity index (χ4v) is 1.39. The fourth-order valence-electron chi connectivity index (χ4n) is 1.08. The van der Waals surface area contributed by atoms with Crippen LogP contribution in [-0.4, -0.2) is 33.4 Å². The number of carboxylic acid groups (broad SMARTS) is 1. The van der Waals surface area contributed by atoms with Crippen LogP contribution in [0.2, 0.25) is 0 Å². The van der Waals surface area contributed by atoms with E-state index in [1.54, 1.807) is 6.07 Å². The van der Waals surface area contributed by atoms with Crippen molar-refractivity contribution in [3.8, 4) is 0 Å². The topological polar surface area (TPSA) is 63.3 Å². The van der Waals surface area contributed by atoms with Gasteiger partial charge >= 0.3 is 5.97 Å². The number of carbonyl (C=O) groups is 1. The summed E-state index contributed by atoms with van der Waals surface area (Å²) in [4.78, 5) is 10.5. The summed E-state index contributed by atoms with van der Waals surface area (Å²) < 4.78 is 13.4. The summed E-state index contributed by atoms with van der Waals surface area (Å²) in [5.41, 5.74) is 5.94. The van der Waals surface area contributed by atoms with E-state index in [0.29, 0.717) is 9.99 Å². The first-order valence-corrected chi connectivity index (χ1v) is 4.61. The van der Waals surface area contributed by atoms with Gasteiger partial charge in [-0.25, -0.2) is 4.39 Å². The summed E-state index contributed by atoms with van der Waals surface area (Å²) in [6.07, 6.45) is 0.131. The molecule has 1 aromatic rings. The summed E-state index contributed by atoms with van der Waals surface area (Å²) in [6, 6.07) is 3.52. The van der Waals surface area contributed by atoms with Gasteiger partial charge in [0.1, 0.15) is 11.9 Å². The molecule has 2 radical (unpaired) electrons. The van der Waals surface area contributed by atoms with E-state index in [1.165, 1.54) is 12.1 Å². The van der Waals surface area contributed by atoms with Gasteiger partial charge in [0.2, 0.25) is 0 Å². The second-order valence-corrected chi connectivity index (χ2v) is 3.54. The van der Waals surface area contributed by atoms with E-state index in [-0.39, 0.29) is 12.2 Å². The molecule has 5 heteroatoms. The molecule has 0 amide bonds. The van der Waals surface area contributed by atoms with Gasteiger partial charge in [0.25, 0.3) is 0 Å². The summed E-state index contributed by atoms with van der Waals surface area (Å²) in [5, 5.41) is 8.58. The maximum atomic E-state index is 13.0. The number of hydrogen-bond donors (Lipinski definition) is 2. The Kier molecular flexibility index (Phi) is 3.64. The third-order valence-electron chi connectivity index (χ3n) is 1.90. The fraction of sp³-hybridized carbons (Fsp3) is 0.222. The molecule has 1 unspecified atom stereocenters. The number of aliphatic carboxylic acids is 1. The first-order chi connectivity index (χ1) is 6.52. The lowest BCUT2D eigenvalue weighted by molar-refractivity contribution is -0.138. The number of hydrogen-bond acceptors (Lipinski definition) is 2. The minimum absolute atomic E-state index is 0.131. The van der Waals surface area contributed by atoms with Gasteiger partial charge in [0, 0.05) is 0 Å². The molecule has 0 heterocycles. The van der Waals surface area contributed by atoms with E-state index >= 15 is 0 Å². The number of benzene rings is 1. The zero-order chi connectivity index (χ0) is 10.7. The summed E-state index contributed by atoms with van der Waals surface area (Å²) in [5.74, 6) is -1.45. The van der Waals surface area contributed by atoms with Crippen LogP contribution in [-0.2, 0) is 11.2 Å². The van der Waals surface area contributed by atoms with E-state index in [9.17, 15) is 9.18 Å². The third kappa shape index (κ3) is 2.55. The molecule has 0 aromatic heterocycles. The monoisotopic (exact) mass is 209 g/mol. The van der Waals surface area contributed by atoms with Crippen molar-refractivity contribution in [1.82, 2.24) is 0 Å². The van der Waals surface area contributed by atoms with Gasteiger partial charge in [-0.15, -0.1) is 4.43 Å². The molecule has 0 spiro atoms. The lowest BCUT2D eigenvalue weighted by Crippen LogP contribution is -2.34. The number of halogens is 1. The normalized spacial score (nSPS) is 12.4. The highest BCUT2D eigenvalue weighted by molar-refractivity contribution is 6.33. The van der Waals surface area contributed by atoms with Crippen LogP contribution >= 0.6 is 0 Å². The van der Waals surface area contributed by atoms with Gasteiger partial charge in [-0.2, -0.15) is 0 Å². The average molecular weight is 209 g/mol. The van der Waals surface area contributed by atoms with Crippen LogP contribution in [0.1, 0.15) is 5.56 Å². The van der Waals surface area contributed by atoms with Gasteiger partial charge in [-0.3, -0.25) is 4.79 Å². The molecule has 0 aliphatic heterocycles. The number of carboxylic acids is 1. The first kappa shape index (κ1) is 11.2. The van der Waals surface area contributed by atoms with Crippen molar-refractivity contribution >= 4 is 26.7 Å². The Morgan fingerprint density at radius 3 is 2.86 bits per heavy atom. The maximum Gasteiger partial charge on any atom is 0.320 e. The standard InChI is InChI=1S/C9H9FNO2.Al/c10-7-3-1-2-6(4-7)5-8(11)9(12)13;/h1-3,8H,5,11H2,(H,12,13);. The highest BCUT2D eigenvalue weighted by Gasteiger charge is 2.13. The second-order valence-electron chi connectivity index (χ2n) is 2.96. The minimum atomic E-state index is -1.08. The van der Waals surface area contributed by atoms with Crippen molar-refractivity contribution in [2.75, 3.05) is 0 Å². The lowest BCUT2D eigenvalue weighted by atomic mass is 10.1. The molecule has 0 aliphatic rings. The van der Waals surface area contributed by atoms with E-state index in [0.717, 1.165) is 0 Å². The van der Waals surface area contributed by atoms with Crippen LogP contribution in [0.5, 0.6) is 0 Å². The minimum Gasteiger partial charge on any atom is -0.480 e. The van der Waals surface area contributed by atoms with E-state index in [2.05, 4.69) is 16.3 Å². The highest BCUT2D eigenvalue weighted by atomic mass is 27.0. The number of nitrogens with two attached hydrogens (primary N) is 1. The van der Waals surface area contributed by atoms with Crippen molar-refractivity contribution in [2.24, 2.45) is 5.73 Å². The Labute approximate surface area is 89.1 Å². The predicted molar refractivity (Wildman–Crippen MR) is 51.1 cm³/mol. The Bertz CT molecular complexity index is 357. The zero-order valence-electron chi connectivity index (χ0n) is 7.40. The van der Waals surface area contributed by atoms with Gasteiger partial charge in [0.05, 0.1) is 0 Å². The molecular weight excluding hydrogens is 200 g/mol. The van der Waals surface area contributed by atoms with E-state index in [4.69, 9.17) is 10.8 Å². The molecule has 0 saturated heterocycles. The SMILES string of the molecule is NC(Cc1cccc(F)[c]1[Al])C(=O)O. The Morgan fingerprint density at radius 1 is 1.64 bits per heavy atom. The molecule has 72 valence electrons. The second kappa shape index (κ2) is 4.56. The van der Waals surface area contributed by atoms with E-state index < -0.39 is 12.0 Å². The van der Waals surface area contributed by atoms with Gasteiger partial charge in [-0.05, 0) is 12.5 Å². The molecule has 3 nitrogen and oxygen atoms in total. The largest absolute Gasteiger partial charge is 0.480 e. The number of rotatable bonds is 3. The van der Waals surface area contributed by atoms with Gasteiger partial charge in [0.15, 0.2) is 16.3 Å². The molecule has 1 atom stereocenters. The molecule has 0 aliphatic carbocycles. The molecular formula is C9H9AlFNO2. The Morgan fingerprint density at radius 2 is 2.29 bits per heavy atom. The quantitative estimate of drug-likeness (QED) is 0.664. The molecule has 1 rings (SSSR count). The van der Waals surface area contributed by atoms with Crippen molar-refractivity contribution in [3.05, 3.63) is 29.6 Å². The van der Waals surface area contributed by atoms with Crippen LogP contribution in [0.25, 0.3) is 0 Å². The smallest absolute Gasteiger partial charge is 0.320 e. The van der Waals surface area contributed by atoms with Crippen LogP contribution < -0.4 is 10.2 Å². The van der Waals surface area contributed by atoms with Crippen molar-refractivity contribution in [3.63, 3.8) is 0 Å². The van der Waals surface area contributed by atoms with Crippen LogP contribution in [0.4, 0.5) is 4.39 Å². The molecule has 3 N–H and O–H groups in total. The van der Waals surface area contributed by atoms with Crippen molar-refractivity contribution in [1.29, 1.82) is 0 Å². The van der Waals surface area contributed by atoms with Crippen molar-refractivity contribution in [2.45, 2.75) is 12.5 Å². The van der Waals surface area contributed by atoms with Crippen LogP contribution in [0.15, 0.2) is 18.2 Å². The maximum absolute atomic E-state index is 13.0. The molecule has 1 aromatic carbocycles. The average Bonchev–Trinajstić information content (AvgIpc) is 2.12. The van der Waals surface area contributed by atoms with Gasteiger partial charge < -0.3 is 10.8 Å². The Hall–Kier alpha value is -0.888. The molecule has 0 saturated carbocycles. The lowest BCUT2D eigenvalue weighted by Gasteiger charge is -2.10. The molecule has 14 heavy (non-hydrogen) atoms. The Balaban J connectivity index is 2.87. The highest BCUT2D eigenvalue weighted by Crippen LogP contribution is 2.02. The first-order valence-electron chi connectivity index (χ1n) is 4.03. The molecule has 0 bridgehead atoms. The van der Waals surface area contributed by atoms with Crippen LogP contribution in [0, 0.1) is 5.82 Å². The van der Waals surface area contributed by atoms with Crippen molar-refractivity contribution < 1.29 is 14.3 Å². The molecule has 0 fully saturated rings. The summed E-state index contributed by atoms with van der Waals surface area (Å²) in [6.45, 7) is 0. The summed E-state index contributed by atoms with van der Waals surface area (Å²) >= 11 is 2.24. The van der Waals surface area contributed by atoms with Gasteiger partial charge in [-0.1, -0.05) is 17.7 Å². The summed E-state index contributed by atoms with van der Waals surface area (Å²) in [7, 11) is 0. The van der Waals surface area contributed by atoms with Crippen LogP contribution in [0.3, 0.4) is 0 Å². The third-order valence-corrected chi connectivity index (χ3v) is 2.55. The zero-order valence-corrected chi connectivity index (χ0v) is 8.56. The van der Waals surface area contributed by atoms with E-state index in [1.807, 2.05) is 0 Å².